The molecule has 3 nitrogen and oxygen atoms in total. The third kappa shape index (κ3) is 1.21. The van der Waals surface area contributed by atoms with Crippen molar-refractivity contribution in [1.82, 2.24) is 4.90 Å². The lowest BCUT2D eigenvalue weighted by Crippen LogP contribution is -2.28. The minimum absolute atomic E-state index is 0.00190. The van der Waals surface area contributed by atoms with Gasteiger partial charge in [0.05, 0.1) is 6.04 Å². The molecule has 0 aromatic heterocycles. The van der Waals surface area contributed by atoms with Gasteiger partial charge in [0.15, 0.2) is 0 Å². The second-order valence-corrected chi connectivity index (χ2v) is 3.84. The fraction of sp³-hybridized carbons (Fsp3) is 0.300. The zero-order valence-electron chi connectivity index (χ0n) is 7.83. The molecule has 0 saturated carbocycles. The van der Waals surface area contributed by atoms with E-state index in [2.05, 4.69) is 0 Å². The Morgan fingerprint density at radius 2 is 2.29 bits per heavy atom. The molecule has 1 aromatic carbocycles. The third-order valence-electron chi connectivity index (χ3n) is 2.62. The number of hydrogen-bond donors (Lipinski definition) is 1. The molecule has 1 aromatic rings. The Hall–Kier alpha value is -1.06. The second-order valence-electron chi connectivity index (χ2n) is 3.40. The number of amides is 1. The number of nitrogens with zero attached hydrogens (tertiary/aromatic N) is 1. The number of carbonyl (C=O) groups excluding carboxylic acids is 1. The number of nitrogens with two attached hydrogens (primary N) is 1. The van der Waals surface area contributed by atoms with Gasteiger partial charge in [-0.25, -0.2) is 0 Å². The second kappa shape index (κ2) is 3.26. The van der Waals surface area contributed by atoms with Gasteiger partial charge < -0.3 is 10.6 Å². The van der Waals surface area contributed by atoms with Crippen molar-refractivity contribution in [2.45, 2.75) is 6.04 Å². The van der Waals surface area contributed by atoms with Gasteiger partial charge in [0, 0.05) is 24.2 Å². The normalized spacial score (nSPS) is 20.1. The highest BCUT2D eigenvalue weighted by Gasteiger charge is 2.32. The molecule has 1 amide bonds. The minimum atomic E-state index is -0.00485. The minimum Gasteiger partial charge on any atom is -0.333 e. The highest BCUT2D eigenvalue weighted by molar-refractivity contribution is 6.31. The van der Waals surface area contributed by atoms with Crippen LogP contribution in [0.15, 0.2) is 18.2 Å². The monoisotopic (exact) mass is 210 g/mol. The Balaban J connectivity index is 2.55. The zero-order chi connectivity index (χ0) is 10.3. The van der Waals surface area contributed by atoms with E-state index in [0.29, 0.717) is 17.1 Å². The Labute approximate surface area is 87.4 Å². The van der Waals surface area contributed by atoms with E-state index < -0.39 is 0 Å². The molecule has 2 N–H and O–H groups in total. The van der Waals surface area contributed by atoms with Crippen molar-refractivity contribution < 1.29 is 4.79 Å². The van der Waals surface area contributed by atoms with Crippen molar-refractivity contribution in [3.05, 3.63) is 34.3 Å². The molecular weight excluding hydrogens is 200 g/mol. The molecule has 0 spiro atoms. The van der Waals surface area contributed by atoms with Crippen molar-refractivity contribution in [3.63, 3.8) is 0 Å². The third-order valence-corrected chi connectivity index (χ3v) is 2.85. The average molecular weight is 211 g/mol. The smallest absolute Gasteiger partial charge is 0.254 e. The van der Waals surface area contributed by atoms with Crippen LogP contribution in [0, 0.1) is 0 Å². The summed E-state index contributed by atoms with van der Waals surface area (Å²) >= 11 is 5.83. The van der Waals surface area contributed by atoms with Gasteiger partial charge in [-0.05, 0) is 17.7 Å². The van der Waals surface area contributed by atoms with E-state index in [-0.39, 0.29) is 11.9 Å². The van der Waals surface area contributed by atoms with E-state index in [1.165, 1.54) is 0 Å². The summed E-state index contributed by atoms with van der Waals surface area (Å²) in [5.74, 6) is -0.00190. The van der Waals surface area contributed by atoms with Crippen molar-refractivity contribution in [2.24, 2.45) is 5.73 Å². The molecule has 1 aliphatic rings. The van der Waals surface area contributed by atoms with Gasteiger partial charge >= 0.3 is 0 Å². The van der Waals surface area contributed by atoms with Crippen LogP contribution in [0.25, 0.3) is 0 Å². The summed E-state index contributed by atoms with van der Waals surface area (Å²) in [7, 11) is 1.76. The van der Waals surface area contributed by atoms with Crippen LogP contribution < -0.4 is 5.73 Å². The van der Waals surface area contributed by atoms with Crippen LogP contribution >= 0.6 is 11.6 Å². The Bertz CT molecular complexity index is 392. The molecule has 1 heterocycles. The molecule has 0 saturated heterocycles. The highest BCUT2D eigenvalue weighted by atomic mass is 35.5. The van der Waals surface area contributed by atoms with Crippen molar-refractivity contribution in [3.8, 4) is 0 Å². The molecule has 1 atom stereocenters. The molecule has 0 fully saturated rings. The summed E-state index contributed by atoms with van der Waals surface area (Å²) in [5.41, 5.74) is 7.27. The number of carbonyl (C=O) groups is 1. The van der Waals surface area contributed by atoms with Crippen LogP contribution in [0.2, 0.25) is 5.02 Å². The van der Waals surface area contributed by atoms with Crippen LogP contribution in [0.5, 0.6) is 0 Å². The number of fused-ring (bicyclic) bond motifs is 1. The molecule has 2 rings (SSSR count). The van der Waals surface area contributed by atoms with Gasteiger partial charge in [0.25, 0.3) is 5.91 Å². The lowest BCUT2D eigenvalue weighted by atomic mass is 10.1. The lowest BCUT2D eigenvalue weighted by molar-refractivity contribution is 0.0778. The van der Waals surface area contributed by atoms with Gasteiger partial charge in [-0.3, -0.25) is 4.79 Å². The highest BCUT2D eigenvalue weighted by Crippen LogP contribution is 2.32. The lowest BCUT2D eigenvalue weighted by Gasteiger charge is -2.18. The first-order valence-corrected chi connectivity index (χ1v) is 4.79. The van der Waals surface area contributed by atoms with E-state index in [1.54, 1.807) is 24.1 Å². The van der Waals surface area contributed by atoms with Crippen LogP contribution in [0.1, 0.15) is 22.0 Å². The number of rotatable bonds is 1. The fourth-order valence-corrected chi connectivity index (χ4v) is 2.00. The summed E-state index contributed by atoms with van der Waals surface area (Å²) < 4.78 is 0. The molecule has 1 aliphatic heterocycles. The molecule has 4 heteroatoms. The summed E-state index contributed by atoms with van der Waals surface area (Å²) in [6.45, 7) is 0.441. The van der Waals surface area contributed by atoms with Gasteiger partial charge in [-0.2, -0.15) is 0 Å². The number of halogens is 1. The van der Waals surface area contributed by atoms with Gasteiger partial charge in [0.2, 0.25) is 0 Å². The van der Waals surface area contributed by atoms with E-state index in [0.717, 1.165) is 5.56 Å². The van der Waals surface area contributed by atoms with E-state index >= 15 is 0 Å². The molecule has 0 bridgehead atoms. The van der Waals surface area contributed by atoms with Crippen molar-refractivity contribution in [1.29, 1.82) is 0 Å². The van der Waals surface area contributed by atoms with Gasteiger partial charge in [-0.15, -0.1) is 0 Å². The van der Waals surface area contributed by atoms with Gasteiger partial charge in [0.1, 0.15) is 0 Å². The van der Waals surface area contributed by atoms with Crippen LogP contribution in [0.4, 0.5) is 0 Å². The summed E-state index contributed by atoms with van der Waals surface area (Å²) in [6.07, 6.45) is 0. The number of benzene rings is 1. The van der Waals surface area contributed by atoms with Gasteiger partial charge in [-0.1, -0.05) is 17.7 Å². The predicted octanol–water partition coefficient (Wildman–Crippen LogP) is 1.43. The number of likely N-dealkylation sites (N-methyl/N-ethyl adjacent to an activating group) is 1. The Morgan fingerprint density at radius 3 is 2.93 bits per heavy atom. The topological polar surface area (TPSA) is 46.3 Å². The number of hydrogen-bond acceptors (Lipinski definition) is 2. The maximum Gasteiger partial charge on any atom is 0.254 e. The first-order valence-electron chi connectivity index (χ1n) is 4.42. The quantitative estimate of drug-likeness (QED) is 0.762. The molecule has 1 unspecified atom stereocenters. The van der Waals surface area contributed by atoms with E-state index in [1.807, 2.05) is 6.07 Å². The fourth-order valence-electron chi connectivity index (χ4n) is 1.83. The predicted molar refractivity (Wildman–Crippen MR) is 55.3 cm³/mol. The summed E-state index contributed by atoms with van der Waals surface area (Å²) in [4.78, 5) is 13.4. The molecule has 0 aliphatic carbocycles. The Morgan fingerprint density at radius 1 is 1.57 bits per heavy atom. The molecule has 0 radical (unpaired) electrons. The van der Waals surface area contributed by atoms with E-state index in [9.17, 15) is 4.79 Å². The standard InChI is InChI=1S/C10H11ClN2O/c1-13-9(5-12)7-3-2-6(11)4-8(7)10(13)14/h2-4,9H,5,12H2,1H3. The zero-order valence-corrected chi connectivity index (χ0v) is 8.58. The Kier molecular flexibility index (Phi) is 2.21. The summed E-state index contributed by atoms with van der Waals surface area (Å²) in [5, 5.41) is 0.586. The van der Waals surface area contributed by atoms with Crippen LogP contribution in [-0.2, 0) is 0 Å². The maximum atomic E-state index is 11.7. The summed E-state index contributed by atoms with van der Waals surface area (Å²) in [6, 6.07) is 5.35. The molecule has 14 heavy (non-hydrogen) atoms. The average Bonchev–Trinajstić information content (AvgIpc) is 2.41. The van der Waals surface area contributed by atoms with Crippen LogP contribution in [-0.4, -0.2) is 24.4 Å². The van der Waals surface area contributed by atoms with E-state index in [4.69, 9.17) is 17.3 Å². The first-order chi connectivity index (χ1) is 6.65. The van der Waals surface area contributed by atoms with Crippen molar-refractivity contribution in [2.75, 3.05) is 13.6 Å². The van der Waals surface area contributed by atoms with Crippen LogP contribution in [0.3, 0.4) is 0 Å². The first kappa shape index (κ1) is 9.49. The maximum absolute atomic E-state index is 11.7. The SMILES string of the molecule is CN1C(=O)c2cc(Cl)ccc2C1CN. The molecular formula is C10H11ClN2O. The largest absolute Gasteiger partial charge is 0.333 e. The van der Waals surface area contributed by atoms with Crippen molar-refractivity contribution >= 4 is 17.5 Å². The molecule has 74 valence electrons.